The second-order valence-electron chi connectivity index (χ2n) is 5.08. The second kappa shape index (κ2) is 6.89. The third kappa shape index (κ3) is 3.94. The van der Waals surface area contributed by atoms with Crippen LogP contribution in [0.3, 0.4) is 0 Å². The molecule has 0 aliphatic rings. The van der Waals surface area contributed by atoms with E-state index in [2.05, 4.69) is 10.5 Å². The molecule has 0 aliphatic heterocycles. The van der Waals surface area contributed by atoms with Gasteiger partial charge in [0.15, 0.2) is 0 Å². The van der Waals surface area contributed by atoms with Crippen LogP contribution in [-0.4, -0.2) is 28.7 Å². The zero-order valence-corrected chi connectivity index (χ0v) is 12.5. The monoisotopic (exact) mass is 302 g/mol. The number of nitrogens with one attached hydrogen (secondary N) is 1. The molecule has 1 heterocycles. The number of amides is 1. The molecule has 6 heteroatoms. The first-order valence-electron chi connectivity index (χ1n) is 6.98. The number of aryl methyl sites for hydroxylation is 2. The van der Waals surface area contributed by atoms with Crippen LogP contribution >= 0.6 is 0 Å². The minimum Gasteiger partial charge on any atom is -0.478 e. The van der Waals surface area contributed by atoms with Gasteiger partial charge in [-0.3, -0.25) is 4.79 Å². The third-order valence-electron chi connectivity index (χ3n) is 3.46. The summed E-state index contributed by atoms with van der Waals surface area (Å²) in [6.45, 7) is 4.09. The largest absolute Gasteiger partial charge is 0.478 e. The van der Waals surface area contributed by atoms with E-state index in [1.54, 1.807) is 31.2 Å². The predicted molar refractivity (Wildman–Crippen MR) is 79.8 cm³/mol. The minimum atomic E-state index is -0.945. The summed E-state index contributed by atoms with van der Waals surface area (Å²) in [5.74, 6) is -0.368. The number of hydrogen-bond donors (Lipinski definition) is 2. The van der Waals surface area contributed by atoms with Crippen LogP contribution in [0.25, 0.3) is 0 Å². The number of aromatic nitrogens is 1. The van der Waals surface area contributed by atoms with E-state index in [-0.39, 0.29) is 17.9 Å². The van der Waals surface area contributed by atoms with Crippen molar-refractivity contribution in [3.05, 3.63) is 52.4 Å². The highest BCUT2D eigenvalue weighted by Crippen LogP contribution is 2.12. The molecule has 0 spiro atoms. The third-order valence-corrected chi connectivity index (χ3v) is 3.46. The van der Waals surface area contributed by atoms with Crippen molar-refractivity contribution in [1.82, 2.24) is 10.5 Å². The molecular formula is C16H18N2O4. The highest BCUT2D eigenvalue weighted by molar-refractivity contribution is 5.87. The number of aromatic carboxylic acids is 1. The van der Waals surface area contributed by atoms with E-state index in [0.717, 1.165) is 16.8 Å². The zero-order valence-electron chi connectivity index (χ0n) is 12.5. The van der Waals surface area contributed by atoms with E-state index in [0.29, 0.717) is 18.7 Å². The molecule has 0 atom stereocenters. The lowest BCUT2D eigenvalue weighted by atomic mass is 10.1. The van der Waals surface area contributed by atoms with Crippen LogP contribution in [0.2, 0.25) is 0 Å². The highest BCUT2D eigenvalue weighted by Gasteiger charge is 2.13. The maximum atomic E-state index is 11.9. The Hall–Kier alpha value is -2.63. The Bertz CT molecular complexity index is 654. The number of rotatable bonds is 6. The molecular weight excluding hydrogens is 284 g/mol. The fraction of sp³-hybridized carbons (Fsp3) is 0.312. The normalized spacial score (nSPS) is 10.5. The number of carboxylic acid groups (broad SMARTS) is 1. The number of hydrogen-bond acceptors (Lipinski definition) is 4. The van der Waals surface area contributed by atoms with E-state index >= 15 is 0 Å². The number of carboxylic acids is 1. The van der Waals surface area contributed by atoms with Crippen molar-refractivity contribution >= 4 is 11.9 Å². The van der Waals surface area contributed by atoms with Gasteiger partial charge in [0, 0.05) is 12.1 Å². The summed E-state index contributed by atoms with van der Waals surface area (Å²) in [7, 11) is 0. The van der Waals surface area contributed by atoms with Crippen LogP contribution < -0.4 is 5.32 Å². The van der Waals surface area contributed by atoms with Crippen molar-refractivity contribution in [2.45, 2.75) is 26.7 Å². The molecule has 0 bridgehead atoms. The smallest absolute Gasteiger partial charge is 0.335 e. The van der Waals surface area contributed by atoms with Gasteiger partial charge >= 0.3 is 5.97 Å². The standard InChI is InChI=1S/C16H18N2O4/c1-10-14(11(2)22-18-10)9-15(19)17-8-7-12-3-5-13(6-4-12)16(20)21/h3-6H,7-9H2,1-2H3,(H,17,19)(H,20,21). The first-order valence-corrected chi connectivity index (χ1v) is 6.98. The molecule has 0 radical (unpaired) electrons. The van der Waals surface area contributed by atoms with E-state index in [9.17, 15) is 9.59 Å². The van der Waals surface area contributed by atoms with Gasteiger partial charge in [0.05, 0.1) is 17.7 Å². The molecule has 116 valence electrons. The summed E-state index contributed by atoms with van der Waals surface area (Å²) in [6, 6.07) is 6.63. The van der Waals surface area contributed by atoms with E-state index in [4.69, 9.17) is 9.63 Å². The molecule has 0 saturated carbocycles. The summed E-state index contributed by atoms with van der Waals surface area (Å²) in [5, 5.41) is 15.5. The SMILES string of the molecule is Cc1noc(C)c1CC(=O)NCCc1ccc(C(=O)O)cc1. The summed E-state index contributed by atoms with van der Waals surface area (Å²) in [4.78, 5) is 22.6. The number of nitrogens with zero attached hydrogens (tertiary/aromatic N) is 1. The molecule has 6 nitrogen and oxygen atoms in total. The molecule has 0 unspecified atom stereocenters. The predicted octanol–water partition coefficient (Wildman–Crippen LogP) is 1.89. The average molecular weight is 302 g/mol. The number of benzene rings is 1. The van der Waals surface area contributed by atoms with Gasteiger partial charge in [-0.15, -0.1) is 0 Å². The molecule has 1 aromatic carbocycles. The molecule has 0 saturated heterocycles. The Labute approximate surface area is 128 Å². The Morgan fingerprint density at radius 3 is 2.45 bits per heavy atom. The van der Waals surface area contributed by atoms with Crippen molar-refractivity contribution in [2.75, 3.05) is 6.54 Å². The summed E-state index contributed by atoms with van der Waals surface area (Å²) in [5.41, 5.74) is 2.79. The number of carbonyl (C=O) groups excluding carboxylic acids is 1. The van der Waals surface area contributed by atoms with Crippen molar-refractivity contribution in [2.24, 2.45) is 0 Å². The molecule has 2 N–H and O–H groups in total. The molecule has 22 heavy (non-hydrogen) atoms. The summed E-state index contributed by atoms with van der Waals surface area (Å²) >= 11 is 0. The minimum absolute atomic E-state index is 0.0865. The van der Waals surface area contributed by atoms with Gasteiger partial charge in [0.1, 0.15) is 5.76 Å². The van der Waals surface area contributed by atoms with Gasteiger partial charge < -0.3 is 14.9 Å². The molecule has 1 amide bonds. The first-order chi connectivity index (χ1) is 10.5. The Balaban J connectivity index is 1.81. The molecule has 1 aromatic heterocycles. The van der Waals surface area contributed by atoms with Crippen LogP contribution in [0.1, 0.15) is 32.9 Å². The molecule has 0 fully saturated rings. The van der Waals surface area contributed by atoms with Gasteiger partial charge in [0.25, 0.3) is 0 Å². The summed E-state index contributed by atoms with van der Waals surface area (Å²) in [6.07, 6.45) is 0.895. The van der Waals surface area contributed by atoms with Gasteiger partial charge in [0.2, 0.25) is 5.91 Å². The van der Waals surface area contributed by atoms with Gasteiger partial charge in [-0.25, -0.2) is 4.79 Å². The topological polar surface area (TPSA) is 92.4 Å². The molecule has 2 aromatic rings. The molecule has 0 aliphatic carbocycles. The lowest BCUT2D eigenvalue weighted by molar-refractivity contribution is -0.120. The van der Waals surface area contributed by atoms with Gasteiger partial charge in [-0.05, 0) is 38.0 Å². The van der Waals surface area contributed by atoms with Crippen molar-refractivity contribution in [3.8, 4) is 0 Å². The Kier molecular flexibility index (Phi) is 4.93. The van der Waals surface area contributed by atoms with Crippen LogP contribution in [0, 0.1) is 13.8 Å². The van der Waals surface area contributed by atoms with Gasteiger partial charge in [-0.2, -0.15) is 0 Å². The van der Waals surface area contributed by atoms with Crippen molar-refractivity contribution < 1.29 is 19.2 Å². The summed E-state index contributed by atoms with van der Waals surface area (Å²) < 4.78 is 5.02. The maximum Gasteiger partial charge on any atom is 0.335 e. The quantitative estimate of drug-likeness (QED) is 0.850. The first kappa shape index (κ1) is 15.8. The lowest BCUT2D eigenvalue weighted by Crippen LogP contribution is -2.27. The van der Waals surface area contributed by atoms with Crippen LogP contribution in [0.15, 0.2) is 28.8 Å². The fourth-order valence-corrected chi connectivity index (χ4v) is 2.14. The Morgan fingerprint density at radius 1 is 1.23 bits per heavy atom. The van der Waals surface area contributed by atoms with E-state index in [1.807, 2.05) is 6.92 Å². The van der Waals surface area contributed by atoms with Crippen LogP contribution in [0.4, 0.5) is 0 Å². The number of carbonyl (C=O) groups is 2. The van der Waals surface area contributed by atoms with Crippen molar-refractivity contribution in [1.29, 1.82) is 0 Å². The molecule has 2 rings (SSSR count). The van der Waals surface area contributed by atoms with Gasteiger partial charge in [-0.1, -0.05) is 17.3 Å². The van der Waals surface area contributed by atoms with Crippen LogP contribution in [0.5, 0.6) is 0 Å². The van der Waals surface area contributed by atoms with E-state index in [1.165, 1.54) is 0 Å². The van der Waals surface area contributed by atoms with E-state index < -0.39 is 5.97 Å². The fourth-order valence-electron chi connectivity index (χ4n) is 2.14. The average Bonchev–Trinajstić information content (AvgIpc) is 2.79. The highest BCUT2D eigenvalue weighted by atomic mass is 16.5. The van der Waals surface area contributed by atoms with Crippen LogP contribution in [-0.2, 0) is 17.6 Å². The lowest BCUT2D eigenvalue weighted by Gasteiger charge is -2.05. The Morgan fingerprint density at radius 2 is 1.91 bits per heavy atom. The van der Waals surface area contributed by atoms with Crippen molar-refractivity contribution in [3.63, 3.8) is 0 Å². The zero-order chi connectivity index (χ0) is 16.1. The maximum absolute atomic E-state index is 11.9. The second-order valence-corrected chi connectivity index (χ2v) is 5.08.